The maximum atomic E-state index is 12.9. The molecule has 0 fully saturated rings. The van der Waals surface area contributed by atoms with Gasteiger partial charge in [0.1, 0.15) is 0 Å². The van der Waals surface area contributed by atoms with Gasteiger partial charge in [-0.05, 0) is 32.9 Å². The molecule has 1 aromatic carbocycles. The van der Waals surface area contributed by atoms with Crippen molar-refractivity contribution in [2.75, 3.05) is 16.3 Å². The number of para-hydroxylation sites is 2. The third-order valence-electron chi connectivity index (χ3n) is 4.30. The van der Waals surface area contributed by atoms with Gasteiger partial charge in [0.2, 0.25) is 11.8 Å². The molecule has 0 saturated heterocycles. The molecule has 1 heterocycles. The van der Waals surface area contributed by atoms with Crippen LogP contribution in [0.5, 0.6) is 0 Å². The number of fused-ring (bicyclic) bond motifs is 1. The first-order valence-electron chi connectivity index (χ1n) is 7.89. The molecule has 4 atom stereocenters. The van der Waals surface area contributed by atoms with Gasteiger partial charge in [-0.1, -0.05) is 12.1 Å². The molecule has 0 aliphatic carbocycles. The molecule has 0 radical (unpaired) electrons. The largest absolute Gasteiger partial charge is 0.393 e. The number of carbonyl (C=O) groups excluding carboxylic acids is 2. The highest BCUT2D eigenvalue weighted by Crippen LogP contribution is 2.36. The first kappa shape index (κ1) is 17.4. The lowest BCUT2D eigenvalue weighted by molar-refractivity contribution is -0.126. The maximum absolute atomic E-state index is 12.9. The molecule has 1 aliphatic rings. The van der Waals surface area contributed by atoms with E-state index in [1.807, 2.05) is 31.2 Å². The lowest BCUT2D eigenvalue weighted by Crippen LogP contribution is -2.55. The SMILES string of the molecule is CC(=O)N1c2ccccc2N(C(=O)C(C(C)N)C(C)O)C[C@@H]1C. The van der Waals surface area contributed by atoms with Gasteiger partial charge >= 0.3 is 0 Å². The zero-order valence-corrected chi connectivity index (χ0v) is 14.1. The van der Waals surface area contributed by atoms with Crippen molar-refractivity contribution in [3.05, 3.63) is 24.3 Å². The van der Waals surface area contributed by atoms with Crippen LogP contribution in [0.15, 0.2) is 24.3 Å². The number of rotatable bonds is 3. The molecular formula is C17H25N3O3. The van der Waals surface area contributed by atoms with Gasteiger partial charge < -0.3 is 20.6 Å². The van der Waals surface area contributed by atoms with E-state index in [4.69, 9.17) is 5.73 Å². The average molecular weight is 319 g/mol. The predicted octanol–water partition coefficient (Wildman–Crippen LogP) is 1.12. The fourth-order valence-corrected chi connectivity index (χ4v) is 3.32. The second kappa shape index (κ2) is 6.68. The van der Waals surface area contributed by atoms with Gasteiger partial charge in [0, 0.05) is 19.5 Å². The van der Waals surface area contributed by atoms with Gasteiger partial charge in [-0.3, -0.25) is 9.59 Å². The fraction of sp³-hybridized carbons (Fsp3) is 0.529. The summed E-state index contributed by atoms with van der Waals surface area (Å²) in [6.07, 6.45) is -0.837. The first-order chi connectivity index (χ1) is 10.8. The van der Waals surface area contributed by atoms with Crippen molar-refractivity contribution in [1.29, 1.82) is 0 Å². The van der Waals surface area contributed by atoms with Crippen molar-refractivity contribution >= 4 is 23.2 Å². The summed E-state index contributed by atoms with van der Waals surface area (Å²) in [7, 11) is 0. The van der Waals surface area contributed by atoms with Crippen LogP contribution in [0.3, 0.4) is 0 Å². The van der Waals surface area contributed by atoms with Crippen molar-refractivity contribution in [3.63, 3.8) is 0 Å². The van der Waals surface area contributed by atoms with Crippen LogP contribution in [0.25, 0.3) is 0 Å². The zero-order chi connectivity index (χ0) is 17.3. The van der Waals surface area contributed by atoms with Crippen molar-refractivity contribution < 1.29 is 14.7 Å². The van der Waals surface area contributed by atoms with Crippen molar-refractivity contribution in [2.24, 2.45) is 11.7 Å². The van der Waals surface area contributed by atoms with Crippen LogP contribution in [0, 0.1) is 5.92 Å². The van der Waals surface area contributed by atoms with E-state index in [2.05, 4.69) is 0 Å². The number of benzene rings is 1. The minimum Gasteiger partial charge on any atom is -0.393 e. The number of aliphatic hydroxyl groups excluding tert-OH is 1. The van der Waals surface area contributed by atoms with E-state index in [1.165, 1.54) is 6.92 Å². The normalized spacial score (nSPS) is 21.4. The quantitative estimate of drug-likeness (QED) is 0.874. The Balaban J connectivity index is 2.46. The molecule has 0 bridgehead atoms. The number of hydrogen-bond acceptors (Lipinski definition) is 4. The van der Waals surface area contributed by atoms with Gasteiger partial charge in [-0.2, -0.15) is 0 Å². The third kappa shape index (κ3) is 3.23. The second-order valence-electron chi connectivity index (χ2n) is 6.30. The molecule has 1 aliphatic heterocycles. The van der Waals surface area contributed by atoms with Crippen LogP contribution < -0.4 is 15.5 Å². The molecule has 126 valence electrons. The Hall–Kier alpha value is -1.92. The van der Waals surface area contributed by atoms with E-state index in [0.29, 0.717) is 17.9 Å². The Morgan fingerprint density at radius 2 is 1.83 bits per heavy atom. The minimum atomic E-state index is -0.837. The topological polar surface area (TPSA) is 86.9 Å². The molecule has 0 saturated carbocycles. The Morgan fingerprint density at radius 3 is 2.30 bits per heavy atom. The second-order valence-corrected chi connectivity index (χ2v) is 6.30. The first-order valence-corrected chi connectivity index (χ1v) is 7.89. The third-order valence-corrected chi connectivity index (χ3v) is 4.30. The summed E-state index contributed by atoms with van der Waals surface area (Å²) in [5.41, 5.74) is 7.29. The molecule has 2 rings (SSSR count). The molecular weight excluding hydrogens is 294 g/mol. The number of anilines is 2. The number of nitrogens with zero attached hydrogens (tertiary/aromatic N) is 2. The maximum Gasteiger partial charge on any atom is 0.234 e. The van der Waals surface area contributed by atoms with Gasteiger partial charge in [0.15, 0.2) is 0 Å². The molecule has 6 heteroatoms. The summed E-state index contributed by atoms with van der Waals surface area (Å²) >= 11 is 0. The summed E-state index contributed by atoms with van der Waals surface area (Å²) in [6, 6.07) is 6.71. The molecule has 3 unspecified atom stereocenters. The van der Waals surface area contributed by atoms with E-state index < -0.39 is 18.1 Å². The molecule has 0 spiro atoms. The standard InChI is InChI=1S/C17H25N3O3/c1-10-9-19(17(23)16(11(2)18)12(3)21)14-7-5-6-8-15(14)20(10)13(4)22/h5-8,10-12,16,21H,9,18H2,1-4H3/t10-,11?,12?,16?/m0/s1. The van der Waals surface area contributed by atoms with E-state index in [0.717, 1.165) is 0 Å². The molecule has 2 amide bonds. The summed E-state index contributed by atoms with van der Waals surface area (Å²) in [5.74, 6) is -0.951. The lowest BCUT2D eigenvalue weighted by atomic mass is 9.93. The van der Waals surface area contributed by atoms with Crippen LogP contribution >= 0.6 is 0 Å². The smallest absolute Gasteiger partial charge is 0.234 e. The number of carbonyl (C=O) groups is 2. The minimum absolute atomic E-state index is 0.0590. The van der Waals surface area contributed by atoms with Gasteiger partial charge in [0.25, 0.3) is 0 Å². The molecule has 3 N–H and O–H groups in total. The van der Waals surface area contributed by atoms with E-state index in [9.17, 15) is 14.7 Å². The van der Waals surface area contributed by atoms with E-state index >= 15 is 0 Å². The van der Waals surface area contributed by atoms with Crippen molar-refractivity contribution in [2.45, 2.75) is 45.9 Å². The highest BCUT2D eigenvalue weighted by atomic mass is 16.3. The van der Waals surface area contributed by atoms with Gasteiger partial charge in [-0.25, -0.2) is 0 Å². The number of aliphatic hydroxyl groups is 1. The van der Waals surface area contributed by atoms with Crippen LogP contribution in [-0.4, -0.2) is 41.7 Å². The summed E-state index contributed by atoms with van der Waals surface area (Å²) in [4.78, 5) is 28.2. The Morgan fingerprint density at radius 1 is 1.26 bits per heavy atom. The molecule has 6 nitrogen and oxygen atoms in total. The van der Waals surface area contributed by atoms with E-state index in [-0.39, 0.29) is 17.9 Å². The number of amides is 2. The fourth-order valence-electron chi connectivity index (χ4n) is 3.32. The predicted molar refractivity (Wildman–Crippen MR) is 90.2 cm³/mol. The summed E-state index contributed by atoms with van der Waals surface area (Å²) < 4.78 is 0. The van der Waals surface area contributed by atoms with Gasteiger partial charge in [0.05, 0.1) is 29.4 Å². The van der Waals surface area contributed by atoms with Crippen LogP contribution in [0.2, 0.25) is 0 Å². The Kier molecular flexibility index (Phi) is 5.06. The number of nitrogens with two attached hydrogens (primary N) is 1. The molecule has 1 aromatic rings. The molecule has 0 aromatic heterocycles. The monoisotopic (exact) mass is 319 g/mol. The van der Waals surface area contributed by atoms with E-state index in [1.54, 1.807) is 23.6 Å². The average Bonchev–Trinajstić information content (AvgIpc) is 2.44. The summed E-state index contributed by atoms with van der Waals surface area (Å²) in [5, 5.41) is 9.95. The number of hydrogen-bond donors (Lipinski definition) is 2. The van der Waals surface area contributed by atoms with Gasteiger partial charge in [-0.15, -0.1) is 0 Å². The lowest BCUT2D eigenvalue weighted by Gasteiger charge is -2.42. The summed E-state index contributed by atoms with van der Waals surface area (Å²) in [6.45, 7) is 7.10. The van der Waals surface area contributed by atoms with Crippen LogP contribution in [0.1, 0.15) is 27.7 Å². The van der Waals surface area contributed by atoms with Crippen molar-refractivity contribution in [3.8, 4) is 0 Å². The Labute approximate surface area is 136 Å². The van der Waals surface area contributed by atoms with Crippen LogP contribution in [0.4, 0.5) is 11.4 Å². The highest BCUT2D eigenvalue weighted by molar-refractivity contribution is 6.04. The van der Waals surface area contributed by atoms with Crippen LogP contribution in [-0.2, 0) is 9.59 Å². The highest BCUT2D eigenvalue weighted by Gasteiger charge is 2.38. The zero-order valence-electron chi connectivity index (χ0n) is 14.1. The molecule has 23 heavy (non-hydrogen) atoms. The Bertz CT molecular complexity index is 593. The van der Waals surface area contributed by atoms with Crippen molar-refractivity contribution in [1.82, 2.24) is 0 Å².